The highest BCUT2D eigenvalue weighted by Gasteiger charge is 2.53. The van der Waals surface area contributed by atoms with E-state index in [1.165, 1.54) is 82.5 Å². The summed E-state index contributed by atoms with van der Waals surface area (Å²) < 4.78 is 53.5. The number of carbonyl (C=O) groups excluding carboxylic acids is 12. The minimum atomic E-state index is -4.77. The van der Waals surface area contributed by atoms with Gasteiger partial charge in [-0.1, -0.05) is 84.4 Å². The number of benzene rings is 1. The van der Waals surface area contributed by atoms with Gasteiger partial charge in [-0.05, 0) is 133 Å². The van der Waals surface area contributed by atoms with Crippen LogP contribution in [0.1, 0.15) is 175 Å². The first-order valence-corrected chi connectivity index (χ1v) is 37.6. The van der Waals surface area contributed by atoms with Crippen molar-refractivity contribution in [2.24, 2.45) is 17.8 Å². The van der Waals surface area contributed by atoms with Gasteiger partial charge in [0.2, 0.25) is 70.9 Å². The molecular weight excluding hydrogens is 1360 g/mol. The number of alkyl halides is 3. The molecule has 12 atom stereocenters. The number of halogens is 4. The number of carbonyl (C=O) groups is 12. The Morgan fingerprint density at radius 2 is 1.35 bits per heavy atom. The van der Waals surface area contributed by atoms with Crippen molar-refractivity contribution >= 4 is 82.5 Å². The molecule has 5 heterocycles. The molecule has 7 fully saturated rings. The summed E-state index contributed by atoms with van der Waals surface area (Å²) in [7, 11) is 7.20. The Morgan fingerprint density at radius 1 is 0.699 bits per heavy atom. The third-order valence-electron chi connectivity index (χ3n) is 22.8. The molecule has 5 saturated heterocycles. The van der Waals surface area contributed by atoms with Crippen LogP contribution in [0.25, 0.3) is 0 Å². The zero-order valence-corrected chi connectivity index (χ0v) is 62.9. The van der Waals surface area contributed by atoms with Gasteiger partial charge in [-0.3, -0.25) is 57.5 Å². The number of nitrogens with one attached hydrogen (secondary N) is 3. The van der Waals surface area contributed by atoms with Crippen molar-refractivity contribution in [1.82, 2.24) is 60.0 Å². The maximum Gasteiger partial charge on any atom is 0.417 e. The summed E-state index contributed by atoms with van der Waals surface area (Å²) in [5.41, 5.74) is -2.38. The predicted octanol–water partition coefficient (Wildman–Crippen LogP) is 4.79. The zero-order valence-electron chi connectivity index (χ0n) is 62.2. The van der Waals surface area contributed by atoms with Crippen molar-refractivity contribution in [3.63, 3.8) is 0 Å². The van der Waals surface area contributed by atoms with E-state index in [9.17, 15) is 37.1 Å². The molecule has 574 valence electrons. The molecule has 26 nitrogen and oxygen atoms in total. The highest BCUT2D eigenvalue weighted by molar-refractivity contribution is 6.31. The molecule has 0 aromatic heterocycles. The fourth-order valence-electron chi connectivity index (χ4n) is 16.1. The lowest BCUT2D eigenvalue weighted by Gasteiger charge is -2.45. The molecule has 8 rings (SSSR count). The Bertz CT molecular complexity index is 3260. The zero-order chi connectivity index (χ0) is 75.7. The Kier molecular flexibility index (Phi) is 27.9. The van der Waals surface area contributed by atoms with E-state index in [1.54, 1.807) is 18.7 Å². The molecule has 103 heavy (non-hydrogen) atoms. The summed E-state index contributed by atoms with van der Waals surface area (Å²) in [4.78, 5) is 193. The lowest BCUT2D eigenvalue weighted by atomic mass is 9.90. The van der Waals surface area contributed by atoms with E-state index in [1.807, 2.05) is 27.7 Å². The van der Waals surface area contributed by atoms with Crippen LogP contribution in [0.3, 0.4) is 0 Å². The molecule has 2 aliphatic carbocycles. The van der Waals surface area contributed by atoms with Gasteiger partial charge in [0.25, 0.3) is 0 Å². The Morgan fingerprint density at radius 3 is 1.93 bits per heavy atom. The fourth-order valence-corrected chi connectivity index (χ4v) is 16.4. The number of amides is 12. The molecule has 2 saturated carbocycles. The summed E-state index contributed by atoms with van der Waals surface area (Å²) in [6.07, 6.45) is 1.10. The molecular formula is C73H110ClF3N12O14. The molecule has 2 unspecified atom stereocenters. The predicted molar refractivity (Wildman–Crippen MR) is 375 cm³/mol. The maximum absolute atomic E-state index is 15.9. The molecule has 1 aromatic rings. The van der Waals surface area contributed by atoms with E-state index in [0.717, 1.165) is 29.9 Å². The summed E-state index contributed by atoms with van der Waals surface area (Å²) in [6, 6.07) is -8.95. The fraction of sp³-hybridized carbons (Fsp3) is 0.753. The van der Waals surface area contributed by atoms with Crippen LogP contribution >= 0.6 is 11.6 Å². The normalized spacial score (nSPS) is 29.0. The van der Waals surface area contributed by atoms with Crippen molar-refractivity contribution in [2.75, 3.05) is 87.8 Å². The molecule has 5 aliphatic heterocycles. The number of nitrogens with zero attached hydrogens (tertiary/aromatic N) is 9. The van der Waals surface area contributed by atoms with Gasteiger partial charge >= 0.3 is 6.18 Å². The monoisotopic (exact) mass is 1470 g/mol. The van der Waals surface area contributed by atoms with E-state index in [2.05, 4.69) is 16.0 Å². The topological polar surface area (TPSA) is 289 Å². The van der Waals surface area contributed by atoms with Crippen LogP contribution in [-0.4, -0.2) is 275 Å². The molecule has 3 N–H and O–H groups in total. The van der Waals surface area contributed by atoms with E-state index < -0.39 is 172 Å². The smallest absolute Gasteiger partial charge is 0.379 e. The summed E-state index contributed by atoms with van der Waals surface area (Å²) >= 11 is 6.17. The van der Waals surface area contributed by atoms with Crippen LogP contribution < -0.4 is 16.0 Å². The van der Waals surface area contributed by atoms with E-state index in [-0.39, 0.29) is 115 Å². The first-order chi connectivity index (χ1) is 48.7. The van der Waals surface area contributed by atoms with E-state index in [4.69, 9.17) is 21.1 Å². The van der Waals surface area contributed by atoms with Crippen molar-refractivity contribution in [3.05, 3.63) is 34.3 Å². The number of likely N-dealkylation sites (N-methyl/N-ethyl adjacent to an activating group) is 6. The number of hydrogen-bond acceptors (Lipinski definition) is 14. The summed E-state index contributed by atoms with van der Waals surface area (Å²) in [6.45, 7) is 12.0. The molecule has 7 aliphatic rings. The molecule has 12 amide bonds. The van der Waals surface area contributed by atoms with Crippen LogP contribution in [0.2, 0.25) is 5.02 Å². The van der Waals surface area contributed by atoms with Gasteiger partial charge in [0.1, 0.15) is 59.9 Å². The van der Waals surface area contributed by atoms with Crippen molar-refractivity contribution in [1.29, 1.82) is 0 Å². The second-order valence-electron chi connectivity index (χ2n) is 30.1. The lowest BCUT2D eigenvalue weighted by molar-refractivity contribution is -0.161. The highest BCUT2D eigenvalue weighted by Crippen LogP contribution is 2.39. The van der Waals surface area contributed by atoms with Gasteiger partial charge < -0.3 is 69.5 Å². The maximum atomic E-state index is 15.9. The molecule has 0 radical (unpaired) electrons. The Labute approximate surface area is 608 Å². The Hall–Kier alpha value is -7.14. The van der Waals surface area contributed by atoms with Crippen LogP contribution in [0.15, 0.2) is 18.2 Å². The van der Waals surface area contributed by atoms with E-state index >= 15 is 33.6 Å². The number of morpholine rings is 1. The van der Waals surface area contributed by atoms with Crippen molar-refractivity contribution in [2.45, 2.75) is 249 Å². The number of aryl methyl sites for hydroxylation is 1. The van der Waals surface area contributed by atoms with Crippen LogP contribution in [-0.2, 0) is 79.6 Å². The number of ether oxygens (including phenoxy) is 2. The lowest BCUT2D eigenvalue weighted by Crippen LogP contribution is -2.65. The largest absolute Gasteiger partial charge is 0.417 e. The van der Waals surface area contributed by atoms with Crippen molar-refractivity contribution in [3.8, 4) is 0 Å². The summed E-state index contributed by atoms with van der Waals surface area (Å²) in [5.74, 6) is -9.02. The first kappa shape index (κ1) is 81.5. The van der Waals surface area contributed by atoms with Crippen LogP contribution in [0.4, 0.5) is 13.2 Å². The van der Waals surface area contributed by atoms with Crippen LogP contribution in [0, 0.1) is 17.8 Å². The third-order valence-corrected chi connectivity index (χ3v) is 23.1. The van der Waals surface area contributed by atoms with Gasteiger partial charge in [0.15, 0.2) is 0 Å². The molecule has 30 heteroatoms. The average Bonchev–Trinajstić information content (AvgIpc) is 1.74. The number of rotatable bonds is 14. The van der Waals surface area contributed by atoms with Gasteiger partial charge in [-0.25, -0.2) is 0 Å². The second kappa shape index (κ2) is 35.3. The van der Waals surface area contributed by atoms with Gasteiger partial charge in [0.05, 0.1) is 55.5 Å². The minimum absolute atomic E-state index is 0.0202. The number of hydrogen-bond donors (Lipinski definition) is 3. The summed E-state index contributed by atoms with van der Waals surface area (Å²) in [5, 5.41) is 8.19. The highest BCUT2D eigenvalue weighted by atomic mass is 35.5. The molecule has 1 aromatic carbocycles. The molecule has 1 spiro atoms. The Balaban J connectivity index is 1.19. The average molecular weight is 1470 g/mol. The van der Waals surface area contributed by atoms with Gasteiger partial charge in [0, 0.05) is 61.5 Å². The second-order valence-corrected chi connectivity index (χ2v) is 30.5. The number of fused-ring (bicyclic) bond motifs is 4. The van der Waals surface area contributed by atoms with E-state index in [0.29, 0.717) is 57.8 Å². The first-order valence-electron chi connectivity index (χ1n) is 37.2. The standard InChI is InChI=1S/C73H110ClF3N12O14/c1-13-35-102-42-57-67(97)86(15-3)39-58(90)78-52(29-25-46-24-28-50(51(74)37-46)73(75,76)77)65(95)87-33-20-23-53(87)63(93)80-72(31-18-19-32-72)71(101)85(12)61(47-21-16-17-22-47)70(100)83(10)56(68(98)89-48-26-27-49(89)41-103-40-48)38-59(91)82(9)55(36-43(4)5)62(92)79-60(44(6)14-2)69(99)81(8)45(7)64(94)88-34-30-54(88)66(96)84(57)11/h24,28,37,43-45,47-49,52-57,60-61H,13-23,25-27,29-36,38-42H2,1-12H3,(H,78,90)(H,79,92)(H,80,93)/t44-,45-,48?,49?,52-,53-,54-,55-,56-,57-,60-,61-/m0/s1. The van der Waals surface area contributed by atoms with Gasteiger partial charge in [-0.2, -0.15) is 13.2 Å². The SMILES string of the molecule is CCCOC[C@H]1C(=O)N(CC)CC(=O)N[C@@H](CCc2ccc(C(F)(F)F)c(Cl)c2)C(=O)N2CCC[C@H]2C(=O)NC2(CCCC2)C(=O)N(C)[C@@H](C2CCCC2)C(=O)N(C)[C@H](C(=O)N2C3CCC2COC3)CC(=O)N(C)[C@@H](CC(C)C)C(=O)N[C@@H]([C@@H](C)CC)C(=O)N(C)[C@@H](C)C(=O)N2CC[C@H]2C(=O)N1C. The quantitative estimate of drug-likeness (QED) is 0.211. The van der Waals surface area contributed by atoms with Crippen molar-refractivity contribution < 1.29 is 80.2 Å². The third kappa shape index (κ3) is 18.4. The van der Waals surface area contributed by atoms with Gasteiger partial charge in [-0.15, -0.1) is 0 Å². The minimum Gasteiger partial charge on any atom is -0.379 e. The molecule has 2 bridgehead atoms. The van der Waals surface area contributed by atoms with Crippen LogP contribution in [0.5, 0.6) is 0 Å².